The number of nitrogens with one attached hydrogen (secondary N) is 2. The summed E-state index contributed by atoms with van der Waals surface area (Å²) < 4.78 is 16.7. The summed E-state index contributed by atoms with van der Waals surface area (Å²) in [5.74, 6) is 5.27. The van der Waals surface area contributed by atoms with E-state index in [9.17, 15) is 10.1 Å². The van der Waals surface area contributed by atoms with Crippen molar-refractivity contribution in [2.75, 3.05) is 60.2 Å². The van der Waals surface area contributed by atoms with E-state index >= 15 is 0 Å². The van der Waals surface area contributed by atoms with Crippen LogP contribution in [0.4, 0.5) is 0 Å². The third-order valence-corrected chi connectivity index (χ3v) is 6.80. The van der Waals surface area contributed by atoms with Gasteiger partial charge in [-0.2, -0.15) is 11.8 Å². The number of benzene rings is 1. The van der Waals surface area contributed by atoms with Crippen LogP contribution in [0.25, 0.3) is 0 Å². The molecule has 1 unspecified atom stereocenters. The number of rotatable bonds is 14. The molecule has 0 saturated carbocycles. The van der Waals surface area contributed by atoms with Gasteiger partial charge in [0.1, 0.15) is 11.5 Å². The number of aliphatic imine (C=N–C) groups is 1. The second-order valence-electron chi connectivity index (χ2n) is 8.86. The summed E-state index contributed by atoms with van der Waals surface area (Å²) in [5.41, 5.74) is 2.40. The molecule has 0 fully saturated rings. The van der Waals surface area contributed by atoms with Gasteiger partial charge in [-0.15, -0.1) is 0 Å². The van der Waals surface area contributed by atoms with Crippen LogP contribution in [-0.2, 0) is 18.7 Å². The fourth-order valence-corrected chi connectivity index (χ4v) is 4.92. The Hall–Kier alpha value is -2.76. The van der Waals surface area contributed by atoms with Crippen molar-refractivity contribution in [2.45, 2.75) is 31.2 Å². The zero-order valence-corrected chi connectivity index (χ0v) is 22.4. The minimum atomic E-state index is -0.348. The van der Waals surface area contributed by atoms with Gasteiger partial charge in [-0.25, -0.2) is 0 Å². The van der Waals surface area contributed by atoms with E-state index in [4.69, 9.17) is 13.9 Å². The van der Waals surface area contributed by atoms with Crippen molar-refractivity contribution in [1.82, 2.24) is 15.5 Å². The SMILES string of the molecule is COc1cc2c(cc1OC)C(CCN=C(C[N+](=O)[O-])NCCSCc1ccc(CN(C)C)o1)NCC2. The van der Waals surface area contributed by atoms with Crippen LogP contribution in [0.15, 0.2) is 33.7 Å². The predicted molar refractivity (Wildman–Crippen MR) is 143 cm³/mol. The molecule has 11 heteroatoms. The van der Waals surface area contributed by atoms with Crippen LogP contribution in [0.1, 0.15) is 35.1 Å². The van der Waals surface area contributed by atoms with E-state index in [-0.39, 0.29) is 17.5 Å². The Morgan fingerprint density at radius 1 is 1.28 bits per heavy atom. The second kappa shape index (κ2) is 14.1. The maximum Gasteiger partial charge on any atom is 0.259 e. The molecule has 2 heterocycles. The first kappa shape index (κ1) is 27.8. The van der Waals surface area contributed by atoms with Gasteiger partial charge in [-0.3, -0.25) is 15.1 Å². The first-order valence-electron chi connectivity index (χ1n) is 12.1. The molecule has 0 spiro atoms. The van der Waals surface area contributed by atoms with Gasteiger partial charge in [0.2, 0.25) is 0 Å². The Morgan fingerprint density at radius 3 is 2.75 bits per heavy atom. The first-order chi connectivity index (χ1) is 17.4. The molecule has 0 aliphatic carbocycles. The van der Waals surface area contributed by atoms with Crippen LogP contribution in [0.3, 0.4) is 0 Å². The van der Waals surface area contributed by atoms with Gasteiger partial charge in [0.15, 0.2) is 17.3 Å². The Labute approximate surface area is 217 Å². The number of ether oxygens (including phenoxy) is 2. The summed E-state index contributed by atoms with van der Waals surface area (Å²) in [7, 11) is 7.28. The lowest BCUT2D eigenvalue weighted by Crippen LogP contribution is -2.33. The third-order valence-electron chi connectivity index (χ3n) is 5.81. The van der Waals surface area contributed by atoms with Crippen molar-refractivity contribution in [3.63, 3.8) is 0 Å². The van der Waals surface area contributed by atoms with Gasteiger partial charge < -0.3 is 29.4 Å². The van der Waals surface area contributed by atoms with Crippen molar-refractivity contribution < 1.29 is 18.8 Å². The normalized spacial score (nSPS) is 15.6. The molecule has 1 aliphatic rings. The Balaban J connectivity index is 1.49. The Morgan fingerprint density at radius 2 is 2.03 bits per heavy atom. The van der Waals surface area contributed by atoms with Crippen LogP contribution in [0, 0.1) is 10.1 Å². The molecule has 10 nitrogen and oxygen atoms in total. The molecule has 0 radical (unpaired) electrons. The lowest BCUT2D eigenvalue weighted by atomic mass is 9.92. The molecular formula is C25H37N5O5S. The van der Waals surface area contributed by atoms with Crippen molar-refractivity contribution in [2.24, 2.45) is 4.99 Å². The van der Waals surface area contributed by atoms with E-state index in [1.165, 1.54) is 11.1 Å². The van der Waals surface area contributed by atoms with Crippen molar-refractivity contribution in [3.8, 4) is 11.5 Å². The number of fused-ring (bicyclic) bond motifs is 1. The predicted octanol–water partition coefficient (Wildman–Crippen LogP) is 3.13. The molecule has 0 bridgehead atoms. The van der Waals surface area contributed by atoms with E-state index < -0.39 is 0 Å². The maximum absolute atomic E-state index is 11.1. The van der Waals surface area contributed by atoms with Crippen molar-refractivity contribution in [3.05, 3.63) is 57.0 Å². The number of hydrogen-bond acceptors (Lipinski definition) is 9. The molecule has 198 valence electrons. The Bertz CT molecular complexity index is 1030. The summed E-state index contributed by atoms with van der Waals surface area (Å²) in [6.45, 7) is 2.41. The lowest BCUT2D eigenvalue weighted by molar-refractivity contribution is -0.463. The van der Waals surface area contributed by atoms with E-state index in [1.807, 2.05) is 38.4 Å². The highest BCUT2D eigenvalue weighted by atomic mass is 32.2. The molecule has 36 heavy (non-hydrogen) atoms. The number of methoxy groups -OCH3 is 2. The number of nitrogens with zero attached hydrogens (tertiary/aromatic N) is 3. The van der Waals surface area contributed by atoms with Gasteiger partial charge in [-0.05, 0) is 68.9 Å². The minimum absolute atomic E-state index is 0.107. The maximum atomic E-state index is 11.1. The zero-order valence-electron chi connectivity index (χ0n) is 21.5. The number of thioether (sulfide) groups is 1. The molecule has 1 aromatic carbocycles. The monoisotopic (exact) mass is 519 g/mol. The molecular weight excluding hydrogens is 482 g/mol. The molecule has 1 atom stereocenters. The van der Waals surface area contributed by atoms with E-state index in [0.717, 1.165) is 54.7 Å². The van der Waals surface area contributed by atoms with E-state index in [0.29, 0.717) is 24.7 Å². The second-order valence-corrected chi connectivity index (χ2v) is 9.96. The zero-order chi connectivity index (χ0) is 25.9. The molecule has 0 saturated heterocycles. The Kier molecular flexibility index (Phi) is 10.9. The molecule has 3 rings (SSSR count). The standard InChI is InChI=1S/C25H37N5O5S/c1-29(2)15-19-5-6-20(35-19)17-36-12-11-28-25(16-30(31)32)27-10-8-22-21-14-24(34-4)23(33-3)13-18(21)7-9-26-22/h5-6,13-14,22,26H,7-12,15-17H2,1-4H3,(H,27,28). The largest absolute Gasteiger partial charge is 0.493 e. The molecule has 0 amide bonds. The topological polar surface area (TPSA) is 114 Å². The van der Waals surface area contributed by atoms with Crippen LogP contribution in [0.5, 0.6) is 11.5 Å². The number of amidine groups is 1. The minimum Gasteiger partial charge on any atom is -0.493 e. The first-order valence-corrected chi connectivity index (χ1v) is 13.2. The van der Waals surface area contributed by atoms with Crippen LogP contribution in [0.2, 0.25) is 0 Å². The molecule has 2 aromatic rings. The summed E-state index contributed by atoms with van der Waals surface area (Å²) in [4.78, 5) is 17.4. The third kappa shape index (κ3) is 8.42. The van der Waals surface area contributed by atoms with Crippen LogP contribution < -0.4 is 20.1 Å². The fourth-order valence-electron chi connectivity index (χ4n) is 4.18. The van der Waals surface area contributed by atoms with Gasteiger partial charge in [0.05, 0.1) is 26.5 Å². The molecule has 1 aliphatic heterocycles. The smallest absolute Gasteiger partial charge is 0.259 e. The van der Waals surface area contributed by atoms with Gasteiger partial charge in [0, 0.05) is 29.8 Å². The highest BCUT2D eigenvalue weighted by Crippen LogP contribution is 2.36. The average molecular weight is 520 g/mol. The van der Waals surface area contributed by atoms with Gasteiger partial charge in [0.25, 0.3) is 6.54 Å². The highest BCUT2D eigenvalue weighted by molar-refractivity contribution is 7.98. The lowest BCUT2D eigenvalue weighted by Gasteiger charge is -2.28. The van der Waals surface area contributed by atoms with Crippen LogP contribution in [-0.4, -0.2) is 75.9 Å². The summed E-state index contributed by atoms with van der Waals surface area (Å²) in [6, 6.07) is 8.17. The summed E-state index contributed by atoms with van der Waals surface area (Å²) >= 11 is 1.72. The van der Waals surface area contributed by atoms with Crippen LogP contribution >= 0.6 is 11.8 Å². The van der Waals surface area contributed by atoms with Gasteiger partial charge >= 0.3 is 0 Å². The van der Waals surface area contributed by atoms with E-state index in [2.05, 4.69) is 20.5 Å². The van der Waals surface area contributed by atoms with Crippen molar-refractivity contribution >= 4 is 17.6 Å². The summed E-state index contributed by atoms with van der Waals surface area (Å²) in [5, 5.41) is 17.8. The molecule has 1 aromatic heterocycles. The quantitative estimate of drug-likeness (QED) is 0.128. The van der Waals surface area contributed by atoms with E-state index in [1.54, 1.807) is 26.0 Å². The number of hydrogen-bond donors (Lipinski definition) is 2. The van der Waals surface area contributed by atoms with Crippen molar-refractivity contribution in [1.29, 1.82) is 0 Å². The number of nitro groups is 1. The highest BCUT2D eigenvalue weighted by Gasteiger charge is 2.22. The average Bonchev–Trinajstić information content (AvgIpc) is 3.28. The molecule has 2 N–H and O–H groups in total. The van der Waals surface area contributed by atoms with Gasteiger partial charge in [-0.1, -0.05) is 0 Å². The number of furan rings is 1. The summed E-state index contributed by atoms with van der Waals surface area (Å²) in [6.07, 6.45) is 1.64. The fraction of sp³-hybridized carbons (Fsp3) is 0.560.